The second kappa shape index (κ2) is 8.42. The zero-order valence-corrected chi connectivity index (χ0v) is 17.2. The Balaban J connectivity index is 1.55. The molecule has 30 heavy (non-hydrogen) atoms. The lowest BCUT2D eigenvalue weighted by Crippen LogP contribution is -2.11. The predicted octanol–water partition coefficient (Wildman–Crippen LogP) is 4.89. The van der Waals surface area contributed by atoms with E-state index in [1.807, 2.05) is 42.6 Å². The van der Waals surface area contributed by atoms with Crippen LogP contribution in [0.2, 0.25) is 0 Å². The van der Waals surface area contributed by atoms with Gasteiger partial charge in [-0.05, 0) is 36.3 Å². The lowest BCUT2D eigenvalue weighted by molar-refractivity contribution is -0.111. The van der Waals surface area contributed by atoms with E-state index >= 15 is 0 Å². The lowest BCUT2D eigenvalue weighted by Gasteiger charge is -2.07. The topological polar surface area (TPSA) is 73.9 Å². The highest BCUT2D eigenvalue weighted by atomic mass is 32.1. The molecule has 1 amide bonds. The number of rotatable bonds is 5. The van der Waals surface area contributed by atoms with Crippen molar-refractivity contribution in [1.29, 1.82) is 0 Å². The molecule has 0 aliphatic carbocycles. The minimum Gasteiger partial charge on any atom is -0.465 e. The molecule has 3 aromatic rings. The highest BCUT2D eigenvalue weighted by molar-refractivity contribution is 7.15. The summed E-state index contributed by atoms with van der Waals surface area (Å²) in [5, 5.41) is 5.07. The minimum absolute atomic E-state index is 0.195. The molecular weight excluding hydrogens is 402 g/mol. The van der Waals surface area contributed by atoms with Gasteiger partial charge in [-0.1, -0.05) is 35.9 Å². The molecular formula is C23H19NO5S. The van der Waals surface area contributed by atoms with Gasteiger partial charge < -0.3 is 19.5 Å². The van der Waals surface area contributed by atoms with E-state index in [1.54, 1.807) is 18.2 Å². The van der Waals surface area contributed by atoms with Gasteiger partial charge in [-0.25, -0.2) is 4.79 Å². The van der Waals surface area contributed by atoms with Gasteiger partial charge in [0.2, 0.25) is 12.7 Å². The van der Waals surface area contributed by atoms with Crippen LogP contribution >= 0.6 is 11.3 Å². The van der Waals surface area contributed by atoms with Crippen LogP contribution in [0.5, 0.6) is 11.5 Å². The number of ether oxygens (including phenoxy) is 3. The molecule has 0 bridgehead atoms. The first kappa shape index (κ1) is 19.7. The first-order valence-electron chi connectivity index (χ1n) is 9.20. The zero-order valence-electron chi connectivity index (χ0n) is 16.4. The molecule has 0 saturated heterocycles. The Morgan fingerprint density at radius 2 is 1.87 bits per heavy atom. The SMILES string of the molecule is COC(=O)c1c(-c2ccc(C)cc2)csc1NC(=O)/C=C/c1ccc2c(c1)OCO2. The standard InChI is InChI=1S/C23H19NO5S/c1-14-3-7-16(8-4-14)17-12-30-22(21(17)23(26)27-2)24-20(25)10-6-15-5-9-18-19(11-15)29-13-28-18/h3-12H,13H2,1-2H3,(H,24,25)/b10-6+. The Bertz CT molecular complexity index is 1130. The molecule has 1 aliphatic rings. The summed E-state index contributed by atoms with van der Waals surface area (Å²) in [5.41, 5.74) is 3.87. The maximum atomic E-state index is 12.5. The highest BCUT2D eigenvalue weighted by Crippen LogP contribution is 2.36. The van der Waals surface area contributed by atoms with Crippen LogP contribution in [0.15, 0.2) is 53.9 Å². The third kappa shape index (κ3) is 4.06. The van der Waals surface area contributed by atoms with Crippen molar-refractivity contribution >= 4 is 34.3 Å². The van der Waals surface area contributed by atoms with Crippen molar-refractivity contribution in [2.45, 2.75) is 6.92 Å². The third-order valence-corrected chi connectivity index (χ3v) is 5.50. The molecule has 0 fully saturated rings. The van der Waals surface area contributed by atoms with Gasteiger partial charge in [-0.15, -0.1) is 11.3 Å². The van der Waals surface area contributed by atoms with Gasteiger partial charge in [0.15, 0.2) is 11.5 Å². The van der Waals surface area contributed by atoms with Gasteiger partial charge in [-0.3, -0.25) is 4.79 Å². The van der Waals surface area contributed by atoms with Crippen molar-refractivity contribution in [3.63, 3.8) is 0 Å². The number of hydrogen-bond acceptors (Lipinski definition) is 6. The van der Waals surface area contributed by atoms with E-state index in [0.29, 0.717) is 22.1 Å². The number of fused-ring (bicyclic) bond motifs is 1. The van der Waals surface area contributed by atoms with Crippen LogP contribution in [-0.2, 0) is 9.53 Å². The molecule has 152 valence electrons. The lowest BCUT2D eigenvalue weighted by atomic mass is 10.0. The molecule has 0 atom stereocenters. The van der Waals surface area contributed by atoms with Gasteiger partial charge in [0.1, 0.15) is 10.6 Å². The number of nitrogens with one attached hydrogen (secondary N) is 1. The number of amides is 1. The van der Waals surface area contributed by atoms with E-state index in [4.69, 9.17) is 14.2 Å². The van der Waals surface area contributed by atoms with E-state index in [-0.39, 0.29) is 12.7 Å². The molecule has 0 radical (unpaired) electrons. The molecule has 2 heterocycles. The number of anilines is 1. The van der Waals surface area contributed by atoms with Crippen LogP contribution in [0.1, 0.15) is 21.5 Å². The van der Waals surface area contributed by atoms with Gasteiger partial charge in [0, 0.05) is 17.0 Å². The smallest absolute Gasteiger partial charge is 0.341 e. The summed E-state index contributed by atoms with van der Waals surface area (Å²) in [6, 6.07) is 13.2. The highest BCUT2D eigenvalue weighted by Gasteiger charge is 2.22. The van der Waals surface area contributed by atoms with Crippen molar-refractivity contribution in [1.82, 2.24) is 0 Å². The number of aryl methyl sites for hydroxylation is 1. The number of hydrogen-bond donors (Lipinski definition) is 1. The molecule has 2 aromatic carbocycles. The monoisotopic (exact) mass is 421 g/mol. The second-order valence-corrected chi connectivity index (χ2v) is 7.53. The number of carbonyl (C=O) groups excluding carboxylic acids is 2. The van der Waals surface area contributed by atoms with Crippen LogP contribution in [0, 0.1) is 6.92 Å². The minimum atomic E-state index is -0.498. The summed E-state index contributed by atoms with van der Waals surface area (Å²) in [7, 11) is 1.32. The maximum Gasteiger partial charge on any atom is 0.341 e. The first-order chi connectivity index (χ1) is 14.5. The molecule has 0 spiro atoms. The predicted molar refractivity (Wildman–Crippen MR) is 116 cm³/mol. The normalized spacial score (nSPS) is 12.2. The summed E-state index contributed by atoms with van der Waals surface area (Å²) >= 11 is 1.28. The maximum absolute atomic E-state index is 12.5. The molecule has 0 saturated carbocycles. The third-order valence-electron chi connectivity index (χ3n) is 4.60. The Hall–Kier alpha value is -3.58. The largest absolute Gasteiger partial charge is 0.465 e. The number of methoxy groups -OCH3 is 1. The Kier molecular flexibility index (Phi) is 5.54. The van der Waals surface area contributed by atoms with E-state index in [2.05, 4.69) is 5.32 Å². The average Bonchev–Trinajstić information content (AvgIpc) is 3.39. The Morgan fingerprint density at radius 3 is 2.63 bits per heavy atom. The summed E-state index contributed by atoms with van der Waals surface area (Å²) in [6.45, 7) is 2.19. The molecule has 6 nitrogen and oxygen atoms in total. The summed E-state index contributed by atoms with van der Waals surface area (Å²) < 4.78 is 15.6. The van der Waals surface area contributed by atoms with E-state index in [9.17, 15) is 9.59 Å². The first-order valence-corrected chi connectivity index (χ1v) is 10.1. The Labute approximate surface area is 177 Å². The summed E-state index contributed by atoms with van der Waals surface area (Å²) in [4.78, 5) is 24.9. The van der Waals surface area contributed by atoms with Crippen molar-refractivity contribution in [2.75, 3.05) is 19.2 Å². The Morgan fingerprint density at radius 1 is 1.10 bits per heavy atom. The molecule has 1 aliphatic heterocycles. The van der Waals surface area contributed by atoms with Gasteiger partial charge in [0.25, 0.3) is 0 Å². The fraction of sp³-hybridized carbons (Fsp3) is 0.130. The van der Waals surface area contributed by atoms with Gasteiger partial charge >= 0.3 is 5.97 Å². The van der Waals surface area contributed by atoms with Gasteiger partial charge in [-0.2, -0.15) is 0 Å². The van der Waals surface area contributed by atoms with Crippen LogP contribution in [0.25, 0.3) is 17.2 Å². The quantitative estimate of drug-likeness (QED) is 0.469. The summed E-state index contributed by atoms with van der Waals surface area (Å²) in [6.07, 6.45) is 3.08. The zero-order chi connectivity index (χ0) is 21.1. The van der Waals surface area contributed by atoms with Crippen molar-refractivity contribution in [2.24, 2.45) is 0 Å². The molecule has 1 N–H and O–H groups in total. The van der Waals surface area contributed by atoms with Crippen LogP contribution in [0.4, 0.5) is 5.00 Å². The van der Waals surface area contributed by atoms with Crippen LogP contribution < -0.4 is 14.8 Å². The molecule has 1 aromatic heterocycles. The average molecular weight is 421 g/mol. The van der Waals surface area contributed by atoms with Crippen molar-refractivity contribution in [3.8, 4) is 22.6 Å². The van der Waals surface area contributed by atoms with Gasteiger partial charge in [0.05, 0.1) is 7.11 Å². The molecule has 4 rings (SSSR count). The number of carbonyl (C=O) groups is 2. The molecule has 0 unspecified atom stereocenters. The fourth-order valence-corrected chi connectivity index (χ4v) is 4.00. The number of esters is 1. The van der Waals surface area contributed by atoms with Crippen molar-refractivity contribution < 1.29 is 23.8 Å². The fourth-order valence-electron chi connectivity index (χ4n) is 3.04. The second-order valence-electron chi connectivity index (χ2n) is 6.65. The van der Waals surface area contributed by atoms with Crippen LogP contribution in [-0.4, -0.2) is 25.8 Å². The van der Waals surface area contributed by atoms with E-state index in [0.717, 1.165) is 22.3 Å². The van der Waals surface area contributed by atoms with Crippen molar-refractivity contribution in [3.05, 3.63) is 70.6 Å². The van der Waals surface area contributed by atoms with E-state index < -0.39 is 5.97 Å². The number of benzene rings is 2. The number of thiophene rings is 1. The molecule has 7 heteroatoms. The van der Waals surface area contributed by atoms with E-state index in [1.165, 1.54) is 24.5 Å². The van der Waals surface area contributed by atoms with Crippen LogP contribution in [0.3, 0.4) is 0 Å². The summed E-state index contributed by atoms with van der Waals surface area (Å²) in [5.74, 6) is 0.477.